The molecule has 0 saturated carbocycles. The molecule has 4 N–H and O–H groups in total. The van der Waals surface area contributed by atoms with E-state index in [0.29, 0.717) is 154 Å². The first-order valence-electron chi connectivity index (χ1n) is 29.2. The number of aromatic nitrogens is 1. The number of hydrogen-bond donors (Lipinski definition) is 4. The number of carboxylic acid groups (broad SMARTS) is 1. The van der Waals surface area contributed by atoms with Gasteiger partial charge in [-0.1, -0.05) is 71.6 Å². The van der Waals surface area contributed by atoms with Gasteiger partial charge in [-0.25, -0.2) is 9.78 Å². The van der Waals surface area contributed by atoms with Gasteiger partial charge in [-0.05, 0) is 74.3 Å². The maximum Gasteiger partial charge on any atom is 0.326 e. The van der Waals surface area contributed by atoms with Gasteiger partial charge >= 0.3 is 5.97 Å². The SMILES string of the molecule is CCCO[C@H](C[C@H](C(C)C)N(CCC)C(=O)[C@@H](NC(=O)[C@H]1CCCCN1C)[C@@H](C)CC)c1nc(C(=O)N[C@@H](Cc2ccc(NC(=O)CCOCCOCCOCCOCCOCCOCCOCCOCCN=[N+]=[N-])cc2)C(=O)O)cs1. The van der Waals surface area contributed by atoms with E-state index in [1.165, 1.54) is 11.3 Å². The number of anilines is 1. The Balaban J connectivity index is 1.36. The quantitative estimate of drug-likeness (QED) is 0.0239. The van der Waals surface area contributed by atoms with Crippen LogP contribution in [0.2, 0.25) is 0 Å². The Kier molecular flexibility index (Phi) is 38.0. The lowest BCUT2D eigenvalue weighted by Crippen LogP contribution is -2.58. The summed E-state index contributed by atoms with van der Waals surface area (Å²) in [7, 11) is 1.96. The van der Waals surface area contributed by atoms with Crippen molar-refractivity contribution < 1.29 is 71.7 Å². The van der Waals surface area contributed by atoms with Crippen LogP contribution in [-0.4, -0.2) is 213 Å². The maximum atomic E-state index is 14.7. The molecule has 1 aliphatic heterocycles. The Morgan fingerprint density at radius 1 is 0.780 bits per heavy atom. The number of nitrogens with zero attached hydrogens (tertiary/aromatic N) is 6. The van der Waals surface area contributed by atoms with E-state index in [1.807, 2.05) is 39.6 Å². The number of rotatable bonds is 48. The van der Waals surface area contributed by atoms with Gasteiger partial charge in [0.15, 0.2) is 0 Å². The van der Waals surface area contributed by atoms with E-state index in [1.54, 1.807) is 29.6 Å². The fourth-order valence-electron chi connectivity index (χ4n) is 8.79. The average Bonchev–Trinajstić information content (AvgIpc) is 4.16. The number of carbonyl (C=O) groups excluding carboxylic acids is 4. The molecule has 1 fully saturated rings. The second-order valence-electron chi connectivity index (χ2n) is 20.3. The molecule has 1 saturated heterocycles. The number of nitrogens with one attached hydrogen (secondary N) is 3. The van der Waals surface area contributed by atoms with Gasteiger partial charge in [0, 0.05) is 54.6 Å². The number of likely N-dealkylation sites (tertiary alicyclic amines) is 1. The third kappa shape index (κ3) is 29.1. The molecule has 3 rings (SSSR count). The highest BCUT2D eigenvalue weighted by Gasteiger charge is 2.38. The lowest BCUT2D eigenvalue weighted by molar-refractivity contribution is -0.143. The topological polar surface area (TPSA) is 293 Å². The highest BCUT2D eigenvalue weighted by atomic mass is 32.1. The molecule has 0 spiro atoms. The summed E-state index contributed by atoms with van der Waals surface area (Å²) >= 11 is 1.25. The van der Waals surface area contributed by atoms with Crippen LogP contribution in [0.15, 0.2) is 34.8 Å². The smallest absolute Gasteiger partial charge is 0.326 e. The molecule has 25 heteroatoms. The van der Waals surface area contributed by atoms with Crippen LogP contribution in [0.5, 0.6) is 0 Å². The number of benzene rings is 1. The van der Waals surface area contributed by atoms with Gasteiger partial charge < -0.3 is 68.6 Å². The third-order valence-corrected chi connectivity index (χ3v) is 14.5. The number of piperidine rings is 1. The number of hydrogen-bond acceptors (Lipinski definition) is 18. The summed E-state index contributed by atoms with van der Waals surface area (Å²) in [5.41, 5.74) is 9.40. The van der Waals surface area contributed by atoms with E-state index >= 15 is 0 Å². The molecule has 24 nitrogen and oxygen atoms in total. The van der Waals surface area contributed by atoms with Crippen LogP contribution >= 0.6 is 11.3 Å². The van der Waals surface area contributed by atoms with Crippen LogP contribution in [0.25, 0.3) is 10.4 Å². The summed E-state index contributed by atoms with van der Waals surface area (Å²) in [5.74, 6) is -2.44. The first-order valence-corrected chi connectivity index (χ1v) is 30.1. The largest absolute Gasteiger partial charge is 0.480 e. The molecule has 1 aliphatic rings. The van der Waals surface area contributed by atoms with Crippen molar-refractivity contribution in [2.45, 2.75) is 130 Å². The van der Waals surface area contributed by atoms with Crippen molar-refractivity contribution >= 4 is 46.6 Å². The monoisotopic (exact) mass is 1180 g/mol. The van der Waals surface area contributed by atoms with E-state index < -0.39 is 30.1 Å². The van der Waals surface area contributed by atoms with E-state index in [0.717, 1.165) is 32.2 Å². The van der Waals surface area contributed by atoms with Crippen molar-refractivity contribution in [3.05, 3.63) is 56.4 Å². The van der Waals surface area contributed by atoms with E-state index in [-0.39, 0.29) is 66.8 Å². The Bertz CT molecular complexity index is 2140. The number of azide groups is 1. The summed E-state index contributed by atoms with van der Waals surface area (Å²) in [6.45, 7) is 20.6. The van der Waals surface area contributed by atoms with Gasteiger partial charge in [-0.3, -0.25) is 24.1 Å². The predicted octanol–water partition coefficient (Wildman–Crippen LogP) is 6.48. The van der Waals surface area contributed by atoms with Gasteiger partial charge in [0.2, 0.25) is 17.7 Å². The second kappa shape index (κ2) is 43.7. The van der Waals surface area contributed by atoms with Gasteiger partial charge in [0.05, 0.1) is 118 Å². The maximum absolute atomic E-state index is 14.7. The summed E-state index contributed by atoms with van der Waals surface area (Å²) in [4.78, 5) is 78.4. The Morgan fingerprint density at radius 3 is 1.84 bits per heavy atom. The van der Waals surface area contributed by atoms with Gasteiger partial charge in [0.25, 0.3) is 5.91 Å². The summed E-state index contributed by atoms with van der Waals surface area (Å²) in [6.07, 6.45) is 4.85. The van der Waals surface area contributed by atoms with Crippen molar-refractivity contribution in [2.75, 3.05) is 144 Å². The highest BCUT2D eigenvalue weighted by molar-refractivity contribution is 7.09. The molecule has 4 amide bonds. The first-order chi connectivity index (χ1) is 39.7. The molecular formula is C57H95N9O15S. The first kappa shape index (κ1) is 71.4. The molecule has 82 heavy (non-hydrogen) atoms. The minimum absolute atomic E-state index is 0.0114. The minimum Gasteiger partial charge on any atom is -0.480 e. The fraction of sp³-hybridized carbons (Fsp3) is 0.754. The van der Waals surface area contributed by atoms with Crippen LogP contribution in [-0.2, 0) is 68.2 Å². The fourth-order valence-corrected chi connectivity index (χ4v) is 9.65. The Labute approximate surface area is 489 Å². The molecule has 0 radical (unpaired) electrons. The average molecular weight is 1180 g/mol. The number of thiazole rings is 1. The van der Waals surface area contributed by atoms with Crippen LogP contribution in [0, 0.1) is 11.8 Å². The van der Waals surface area contributed by atoms with Crippen LogP contribution in [0.4, 0.5) is 5.69 Å². The Hall–Kier alpha value is -4.89. The van der Waals surface area contributed by atoms with Crippen molar-refractivity contribution in [1.82, 2.24) is 25.4 Å². The minimum atomic E-state index is -1.27. The second-order valence-corrected chi connectivity index (χ2v) is 21.2. The number of ether oxygens (including phenoxy) is 9. The third-order valence-electron chi connectivity index (χ3n) is 13.5. The van der Waals surface area contributed by atoms with Crippen LogP contribution in [0.1, 0.15) is 120 Å². The molecule has 0 unspecified atom stereocenters. The molecular weight excluding hydrogens is 1080 g/mol. The van der Waals surface area contributed by atoms with Crippen molar-refractivity contribution in [2.24, 2.45) is 17.0 Å². The number of amides is 4. The Morgan fingerprint density at radius 2 is 1.34 bits per heavy atom. The molecule has 6 atom stereocenters. The standard InChI is InChI=1S/C57H95N9O15S/c1-8-20-66(56(70)52(43(6)10-3)63-54(69)48-13-11-12-21-65(48)7)49(42(4)5)40-50(81-22-9-2)55-62-47(41-82-55)53(68)61-46(57(71)72)39-44-14-16-45(17-15-44)60-51(67)18-23-73-25-27-75-29-31-77-33-35-79-37-38-80-36-34-78-32-30-76-28-26-74-24-19-59-64-58/h14-17,41-43,46,48-50,52H,8-13,18-40H2,1-7H3,(H,60,67)(H,61,68)(H,63,69)(H,71,72)/t43-,46-,48+,49+,50+,52-/m0/s1. The molecule has 0 bridgehead atoms. The zero-order chi connectivity index (χ0) is 59.7. The number of aliphatic carboxylic acids is 1. The van der Waals surface area contributed by atoms with Crippen molar-refractivity contribution in [3.63, 3.8) is 0 Å². The van der Waals surface area contributed by atoms with Gasteiger partial charge in [-0.2, -0.15) is 0 Å². The summed E-state index contributed by atoms with van der Waals surface area (Å²) in [6, 6.07) is 4.20. The van der Waals surface area contributed by atoms with E-state index in [9.17, 15) is 29.1 Å². The number of carbonyl (C=O) groups is 5. The molecule has 2 heterocycles. The molecule has 464 valence electrons. The molecule has 2 aromatic rings. The summed E-state index contributed by atoms with van der Waals surface area (Å²) in [5, 5.41) is 24.3. The van der Waals surface area contributed by atoms with Crippen LogP contribution in [0.3, 0.4) is 0 Å². The van der Waals surface area contributed by atoms with Gasteiger partial charge in [0.1, 0.15) is 28.9 Å². The molecule has 1 aromatic heterocycles. The predicted molar refractivity (Wildman–Crippen MR) is 311 cm³/mol. The lowest BCUT2D eigenvalue weighted by Gasteiger charge is -2.40. The van der Waals surface area contributed by atoms with E-state index in [4.69, 9.17) is 48.2 Å². The molecule has 0 aliphatic carbocycles. The number of carboxylic acids is 1. The van der Waals surface area contributed by atoms with Gasteiger partial charge in [-0.15, -0.1) is 11.3 Å². The van der Waals surface area contributed by atoms with Crippen LogP contribution < -0.4 is 16.0 Å². The zero-order valence-electron chi connectivity index (χ0n) is 49.7. The lowest BCUT2D eigenvalue weighted by atomic mass is 9.92. The number of likely N-dealkylation sites (N-methyl/N-ethyl adjacent to an activating group) is 1. The zero-order valence-corrected chi connectivity index (χ0v) is 50.5. The van der Waals surface area contributed by atoms with E-state index in [2.05, 4.69) is 49.7 Å². The van der Waals surface area contributed by atoms with Crippen molar-refractivity contribution in [1.29, 1.82) is 0 Å². The van der Waals surface area contributed by atoms with Crippen molar-refractivity contribution in [3.8, 4) is 0 Å². The highest BCUT2D eigenvalue weighted by Crippen LogP contribution is 2.32. The normalized spacial score (nSPS) is 15.5. The molecule has 1 aromatic carbocycles. The summed E-state index contributed by atoms with van der Waals surface area (Å²) < 4.78 is 50.0.